The van der Waals surface area contributed by atoms with Gasteiger partial charge >= 0.3 is 0 Å². The van der Waals surface area contributed by atoms with E-state index >= 15 is 0 Å². The Morgan fingerprint density at radius 2 is 2.12 bits per heavy atom. The van der Waals surface area contributed by atoms with Crippen molar-refractivity contribution in [2.45, 2.75) is 24.9 Å². The molecule has 1 N–H and O–H groups in total. The largest absolute Gasteiger partial charge is 0.360 e. The van der Waals surface area contributed by atoms with Gasteiger partial charge in [0.25, 0.3) is 0 Å². The third-order valence-electron chi connectivity index (χ3n) is 3.51. The molecule has 0 saturated heterocycles. The van der Waals surface area contributed by atoms with Gasteiger partial charge in [-0.2, -0.15) is 0 Å². The lowest BCUT2D eigenvalue weighted by molar-refractivity contribution is -0.115. The Balaban J connectivity index is 1.61. The van der Waals surface area contributed by atoms with Crippen LogP contribution in [0.4, 0.5) is 5.82 Å². The van der Waals surface area contributed by atoms with E-state index in [2.05, 4.69) is 15.5 Å². The molecule has 2 aromatic heterocycles. The first-order chi connectivity index (χ1) is 12.0. The highest BCUT2D eigenvalue weighted by Gasteiger charge is 2.22. The number of benzene rings is 1. The third kappa shape index (κ3) is 4.40. The van der Waals surface area contributed by atoms with Crippen LogP contribution in [0.2, 0.25) is 0 Å². The molecule has 2 atom stereocenters. The van der Waals surface area contributed by atoms with E-state index in [4.69, 9.17) is 4.52 Å². The fraction of sp³-hybridized carbons (Fsp3) is 0.235. The average Bonchev–Trinajstić information content (AvgIpc) is 3.24. The van der Waals surface area contributed by atoms with Gasteiger partial charge in [0.05, 0.1) is 11.4 Å². The van der Waals surface area contributed by atoms with Crippen molar-refractivity contribution >= 4 is 33.9 Å². The first-order valence-electron chi connectivity index (χ1n) is 7.64. The summed E-state index contributed by atoms with van der Waals surface area (Å²) >= 11 is 1.50. The number of hydrogen-bond acceptors (Lipinski definition) is 6. The highest BCUT2D eigenvalue weighted by Crippen LogP contribution is 2.24. The van der Waals surface area contributed by atoms with Crippen LogP contribution < -0.4 is 5.32 Å². The van der Waals surface area contributed by atoms with Gasteiger partial charge in [0.2, 0.25) is 5.91 Å². The first kappa shape index (κ1) is 17.5. The minimum atomic E-state index is -1.38. The van der Waals surface area contributed by atoms with Crippen LogP contribution in [0.1, 0.15) is 18.4 Å². The zero-order chi connectivity index (χ0) is 17.8. The molecule has 1 aromatic carbocycles. The quantitative estimate of drug-likeness (QED) is 0.714. The van der Waals surface area contributed by atoms with E-state index in [1.165, 1.54) is 11.3 Å². The lowest BCUT2D eigenvalue weighted by Gasteiger charge is -2.09. The third-order valence-corrected chi connectivity index (χ3v) is 6.03. The van der Waals surface area contributed by atoms with Gasteiger partial charge in [0.15, 0.2) is 5.82 Å². The number of aryl methyl sites for hydroxylation is 1. The number of nitrogens with one attached hydrogen (secondary N) is 1. The maximum absolute atomic E-state index is 12.5. The molecule has 0 spiro atoms. The molecule has 0 aliphatic carbocycles. The number of nitrogens with zero attached hydrogens (tertiary/aromatic N) is 2. The number of carbonyl (C=O) groups excluding carboxylic acids is 1. The van der Waals surface area contributed by atoms with Gasteiger partial charge in [-0.15, -0.1) is 11.3 Å². The summed E-state index contributed by atoms with van der Waals surface area (Å²) < 4.78 is 17.4. The van der Waals surface area contributed by atoms with Crippen molar-refractivity contribution in [3.63, 3.8) is 0 Å². The van der Waals surface area contributed by atoms with E-state index in [0.29, 0.717) is 11.6 Å². The van der Waals surface area contributed by atoms with E-state index in [0.717, 1.165) is 16.3 Å². The highest BCUT2D eigenvalue weighted by molar-refractivity contribution is 7.85. The highest BCUT2D eigenvalue weighted by atomic mass is 32.2. The molecule has 8 heteroatoms. The van der Waals surface area contributed by atoms with Crippen molar-refractivity contribution in [1.82, 2.24) is 10.1 Å². The number of aromatic nitrogens is 2. The standard InChI is InChI=1S/C17H17N3O3S2/c1-11-8-15(20-23-11)19-16(21)12(2)25(22)10-14-9-24-17(18-14)13-6-4-3-5-7-13/h3-9,12H,10H2,1-2H3,(H,19,20,21)/t12-,25+/m0/s1. The molecule has 0 bridgehead atoms. The summed E-state index contributed by atoms with van der Waals surface area (Å²) in [5, 5.41) is 8.38. The van der Waals surface area contributed by atoms with E-state index in [1.807, 2.05) is 35.7 Å². The summed E-state index contributed by atoms with van der Waals surface area (Å²) in [7, 11) is -1.38. The van der Waals surface area contributed by atoms with Crippen molar-refractivity contribution < 1.29 is 13.5 Å². The zero-order valence-electron chi connectivity index (χ0n) is 13.8. The van der Waals surface area contributed by atoms with Gasteiger partial charge in [0, 0.05) is 27.8 Å². The zero-order valence-corrected chi connectivity index (χ0v) is 15.4. The van der Waals surface area contributed by atoms with Crippen molar-refractivity contribution in [2.75, 3.05) is 5.32 Å². The Morgan fingerprint density at radius 1 is 1.36 bits per heavy atom. The van der Waals surface area contributed by atoms with E-state index < -0.39 is 16.0 Å². The van der Waals surface area contributed by atoms with Crippen molar-refractivity contribution in [3.8, 4) is 10.6 Å². The Hall–Kier alpha value is -2.32. The molecule has 0 aliphatic rings. The van der Waals surface area contributed by atoms with Crippen LogP contribution >= 0.6 is 11.3 Å². The molecule has 0 fully saturated rings. The van der Waals surface area contributed by atoms with E-state index in [9.17, 15) is 9.00 Å². The topological polar surface area (TPSA) is 85.1 Å². The molecular formula is C17H17N3O3S2. The number of thiazole rings is 1. The predicted octanol–water partition coefficient (Wildman–Crippen LogP) is 3.38. The van der Waals surface area contributed by atoms with Gasteiger partial charge in [-0.1, -0.05) is 35.5 Å². The van der Waals surface area contributed by atoms with Crippen LogP contribution in [0, 0.1) is 6.92 Å². The maximum atomic E-state index is 12.5. The van der Waals surface area contributed by atoms with E-state index in [1.54, 1.807) is 19.9 Å². The van der Waals surface area contributed by atoms with Crippen LogP contribution in [0.5, 0.6) is 0 Å². The van der Waals surface area contributed by atoms with Crippen LogP contribution in [-0.2, 0) is 21.3 Å². The van der Waals surface area contributed by atoms with Crippen LogP contribution in [0.15, 0.2) is 46.3 Å². The molecule has 130 valence electrons. The molecule has 0 saturated carbocycles. The summed E-state index contributed by atoms with van der Waals surface area (Å²) in [6, 6.07) is 11.4. The summed E-state index contributed by atoms with van der Waals surface area (Å²) in [5.41, 5.74) is 1.75. The first-order valence-corrected chi connectivity index (χ1v) is 9.90. The molecule has 6 nitrogen and oxygen atoms in total. The second kappa shape index (κ2) is 7.71. The van der Waals surface area contributed by atoms with Crippen molar-refractivity contribution in [1.29, 1.82) is 0 Å². The van der Waals surface area contributed by atoms with Crippen LogP contribution in [0.25, 0.3) is 10.6 Å². The SMILES string of the molecule is Cc1cc(NC(=O)[C@H](C)[S@](=O)Cc2csc(-c3ccccc3)n2)no1. The molecular weight excluding hydrogens is 358 g/mol. The molecule has 1 amide bonds. The van der Waals surface area contributed by atoms with Gasteiger partial charge in [-0.25, -0.2) is 4.98 Å². The minimum Gasteiger partial charge on any atom is -0.360 e. The van der Waals surface area contributed by atoms with E-state index in [-0.39, 0.29) is 11.7 Å². The number of hydrogen-bond donors (Lipinski definition) is 1. The monoisotopic (exact) mass is 375 g/mol. The van der Waals surface area contributed by atoms with Gasteiger partial charge in [-0.05, 0) is 13.8 Å². The number of carbonyl (C=O) groups is 1. The van der Waals surface area contributed by atoms with Crippen LogP contribution in [0.3, 0.4) is 0 Å². The Labute approximate surface area is 151 Å². The second-order valence-corrected chi connectivity index (χ2v) is 8.10. The number of amides is 1. The van der Waals surface area contributed by atoms with Gasteiger partial charge in [0.1, 0.15) is 16.0 Å². The minimum absolute atomic E-state index is 0.232. The molecule has 0 aliphatic heterocycles. The molecule has 3 aromatic rings. The molecule has 2 heterocycles. The predicted molar refractivity (Wildman–Crippen MR) is 98.7 cm³/mol. The summed E-state index contributed by atoms with van der Waals surface area (Å²) in [6.07, 6.45) is 0. The van der Waals surface area contributed by atoms with Gasteiger partial charge < -0.3 is 9.84 Å². The van der Waals surface area contributed by atoms with Crippen molar-refractivity contribution in [3.05, 3.63) is 53.2 Å². The maximum Gasteiger partial charge on any atom is 0.241 e. The summed E-state index contributed by atoms with van der Waals surface area (Å²) in [4.78, 5) is 16.7. The van der Waals surface area contributed by atoms with Gasteiger partial charge in [-0.3, -0.25) is 9.00 Å². The average molecular weight is 375 g/mol. The fourth-order valence-electron chi connectivity index (χ4n) is 2.13. The normalized spacial score (nSPS) is 13.4. The van der Waals surface area contributed by atoms with Crippen molar-refractivity contribution in [2.24, 2.45) is 0 Å². The molecule has 0 unspecified atom stereocenters. The second-order valence-electron chi connectivity index (χ2n) is 5.49. The lowest BCUT2D eigenvalue weighted by Crippen LogP contribution is -2.29. The molecule has 0 radical (unpaired) electrons. The lowest BCUT2D eigenvalue weighted by atomic mass is 10.2. The summed E-state index contributed by atoms with van der Waals surface area (Å²) in [5.74, 6) is 0.798. The smallest absolute Gasteiger partial charge is 0.241 e. The number of rotatable bonds is 6. The molecule has 3 rings (SSSR count). The van der Waals surface area contributed by atoms with Crippen LogP contribution in [-0.4, -0.2) is 25.5 Å². The fourth-order valence-corrected chi connectivity index (χ4v) is 4.05. The Kier molecular flexibility index (Phi) is 5.40. The Bertz CT molecular complexity index is 889. The Morgan fingerprint density at radius 3 is 2.80 bits per heavy atom. The molecule has 25 heavy (non-hydrogen) atoms. The number of anilines is 1. The summed E-state index contributed by atoms with van der Waals surface area (Å²) in [6.45, 7) is 3.36.